The smallest absolute Gasteiger partial charge is 0.222 e. The zero-order chi connectivity index (χ0) is 15.6. The highest BCUT2D eigenvalue weighted by atomic mass is 16.5. The number of fused-ring (bicyclic) bond motifs is 1. The van der Waals surface area contributed by atoms with E-state index in [1.807, 2.05) is 31.4 Å². The molecule has 23 heavy (non-hydrogen) atoms. The number of hydrogen-bond acceptors (Lipinski definition) is 5. The Labute approximate surface area is 132 Å². The number of aromatic nitrogens is 6. The second kappa shape index (κ2) is 5.53. The van der Waals surface area contributed by atoms with Gasteiger partial charge in [0.2, 0.25) is 5.88 Å². The molecule has 0 aliphatic heterocycles. The molecule has 0 amide bonds. The molecule has 114 valence electrons. The summed E-state index contributed by atoms with van der Waals surface area (Å²) in [7, 11) is 2.02. The van der Waals surface area contributed by atoms with Crippen LogP contribution in [0.4, 0.5) is 0 Å². The second-order valence-electron chi connectivity index (χ2n) is 5.19. The zero-order valence-electron chi connectivity index (χ0n) is 12.5. The lowest BCUT2D eigenvalue weighted by molar-refractivity contribution is 0.460. The highest BCUT2D eigenvalue weighted by Crippen LogP contribution is 2.25. The summed E-state index contributed by atoms with van der Waals surface area (Å²) in [5.41, 5.74) is 1.97. The molecular formula is C16H14N6O. The third kappa shape index (κ3) is 2.76. The van der Waals surface area contributed by atoms with E-state index in [9.17, 15) is 0 Å². The SMILES string of the molecule is Cn1ccc2cc(Oc3cc(Cn4cncn4)ncn3)ccc21. The molecule has 1 aromatic carbocycles. The normalized spacial score (nSPS) is 11.0. The molecular weight excluding hydrogens is 292 g/mol. The fraction of sp³-hybridized carbons (Fsp3) is 0.125. The van der Waals surface area contributed by atoms with Crippen LogP contribution in [-0.2, 0) is 13.6 Å². The first-order chi connectivity index (χ1) is 11.3. The summed E-state index contributed by atoms with van der Waals surface area (Å²) in [6.45, 7) is 0.524. The van der Waals surface area contributed by atoms with Crippen LogP contribution in [0, 0.1) is 0 Å². The van der Waals surface area contributed by atoms with Gasteiger partial charge in [-0.05, 0) is 24.3 Å². The van der Waals surface area contributed by atoms with E-state index in [1.54, 1.807) is 17.1 Å². The summed E-state index contributed by atoms with van der Waals surface area (Å²) < 4.78 is 9.62. The molecule has 7 nitrogen and oxygen atoms in total. The third-order valence-corrected chi connectivity index (χ3v) is 3.57. The van der Waals surface area contributed by atoms with Crippen LogP contribution >= 0.6 is 0 Å². The van der Waals surface area contributed by atoms with Crippen molar-refractivity contribution in [3.8, 4) is 11.6 Å². The lowest BCUT2D eigenvalue weighted by atomic mass is 10.2. The summed E-state index contributed by atoms with van der Waals surface area (Å²) in [5.74, 6) is 1.25. The molecule has 0 radical (unpaired) electrons. The van der Waals surface area contributed by atoms with E-state index in [-0.39, 0.29) is 0 Å². The summed E-state index contributed by atoms with van der Waals surface area (Å²) >= 11 is 0. The molecule has 0 N–H and O–H groups in total. The lowest BCUT2D eigenvalue weighted by Gasteiger charge is -2.07. The molecule has 3 aromatic heterocycles. The summed E-state index contributed by atoms with van der Waals surface area (Å²) in [6, 6.07) is 9.81. The molecule has 0 fully saturated rings. The second-order valence-corrected chi connectivity index (χ2v) is 5.19. The minimum atomic E-state index is 0.505. The fourth-order valence-corrected chi connectivity index (χ4v) is 2.44. The summed E-state index contributed by atoms with van der Waals surface area (Å²) in [4.78, 5) is 12.3. The highest BCUT2D eigenvalue weighted by molar-refractivity contribution is 5.81. The monoisotopic (exact) mass is 306 g/mol. The highest BCUT2D eigenvalue weighted by Gasteiger charge is 2.05. The maximum absolute atomic E-state index is 5.85. The van der Waals surface area contributed by atoms with Crippen LogP contribution in [-0.4, -0.2) is 29.3 Å². The van der Waals surface area contributed by atoms with E-state index in [1.165, 1.54) is 12.7 Å². The van der Waals surface area contributed by atoms with Crippen molar-refractivity contribution < 1.29 is 4.74 Å². The Morgan fingerprint density at radius 1 is 1.09 bits per heavy atom. The fourth-order valence-electron chi connectivity index (χ4n) is 2.44. The Bertz CT molecular complexity index is 944. The number of nitrogens with zero attached hydrogens (tertiary/aromatic N) is 6. The van der Waals surface area contributed by atoms with Gasteiger partial charge in [-0.2, -0.15) is 5.10 Å². The molecule has 0 saturated heterocycles. The Morgan fingerprint density at radius 3 is 2.91 bits per heavy atom. The van der Waals surface area contributed by atoms with Gasteiger partial charge in [0.1, 0.15) is 24.7 Å². The minimum absolute atomic E-state index is 0.505. The van der Waals surface area contributed by atoms with Gasteiger partial charge < -0.3 is 9.30 Å². The molecule has 0 spiro atoms. The molecule has 3 heterocycles. The number of aryl methyl sites for hydroxylation is 1. The van der Waals surface area contributed by atoms with Crippen molar-refractivity contribution in [1.82, 2.24) is 29.3 Å². The Hall–Kier alpha value is -3.22. The first-order valence-corrected chi connectivity index (χ1v) is 7.14. The predicted octanol–water partition coefficient (Wildman–Crippen LogP) is 2.40. The van der Waals surface area contributed by atoms with Crippen molar-refractivity contribution in [1.29, 1.82) is 0 Å². The van der Waals surface area contributed by atoms with E-state index in [0.29, 0.717) is 12.4 Å². The van der Waals surface area contributed by atoms with Crippen LogP contribution in [0.5, 0.6) is 11.6 Å². The number of rotatable bonds is 4. The van der Waals surface area contributed by atoms with Crippen LogP contribution in [0.2, 0.25) is 0 Å². The van der Waals surface area contributed by atoms with Crippen molar-refractivity contribution in [2.45, 2.75) is 6.54 Å². The van der Waals surface area contributed by atoms with Crippen LogP contribution < -0.4 is 4.74 Å². The van der Waals surface area contributed by atoms with Gasteiger partial charge in [0, 0.05) is 30.2 Å². The van der Waals surface area contributed by atoms with Crippen LogP contribution in [0.25, 0.3) is 10.9 Å². The van der Waals surface area contributed by atoms with Gasteiger partial charge in [0.05, 0.1) is 12.2 Å². The predicted molar refractivity (Wildman–Crippen MR) is 84.1 cm³/mol. The van der Waals surface area contributed by atoms with Gasteiger partial charge in [0.15, 0.2) is 0 Å². The van der Waals surface area contributed by atoms with Crippen molar-refractivity contribution in [3.05, 3.63) is 61.2 Å². The topological polar surface area (TPSA) is 70.7 Å². The average Bonchev–Trinajstić information content (AvgIpc) is 3.18. The van der Waals surface area contributed by atoms with E-state index in [2.05, 4.69) is 30.7 Å². The molecule has 4 rings (SSSR count). The molecule has 0 aliphatic rings. The first kappa shape index (κ1) is 13.4. The van der Waals surface area contributed by atoms with Gasteiger partial charge >= 0.3 is 0 Å². The molecule has 4 aromatic rings. The zero-order valence-corrected chi connectivity index (χ0v) is 12.5. The third-order valence-electron chi connectivity index (χ3n) is 3.57. The van der Waals surface area contributed by atoms with Gasteiger partial charge in [0.25, 0.3) is 0 Å². The molecule has 0 unspecified atom stereocenters. The summed E-state index contributed by atoms with van der Waals surface area (Å²) in [5, 5.41) is 5.19. The van der Waals surface area contributed by atoms with Gasteiger partial charge in [-0.25, -0.2) is 19.6 Å². The summed E-state index contributed by atoms with van der Waals surface area (Å²) in [6.07, 6.45) is 6.65. The van der Waals surface area contributed by atoms with E-state index in [0.717, 1.165) is 22.3 Å². The van der Waals surface area contributed by atoms with E-state index in [4.69, 9.17) is 4.74 Å². The molecule has 0 saturated carbocycles. The van der Waals surface area contributed by atoms with Crippen molar-refractivity contribution >= 4 is 10.9 Å². The van der Waals surface area contributed by atoms with Crippen LogP contribution in [0.3, 0.4) is 0 Å². The lowest BCUT2D eigenvalue weighted by Crippen LogP contribution is -2.03. The number of hydrogen-bond donors (Lipinski definition) is 0. The molecule has 0 aliphatic carbocycles. The van der Waals surface area contributed by atoms with Crippen molar-refractivity contribution in [2.75, 3.05) is 0 Å². The van der Waals surface area contributed by atoms with Crippen molar-refractivity contribution in [3.63, 3.8) is 0 Å². The number of benzene rings is 1. The number of ether oxygens (including phenoxy) is 1. The Kier molecular flexibility index (Phi) is 3.23. The minimum Gasteiger partial charge on any atom is -0.439 e. The Morgan fingerprint density at radius 2 is 2.04 bits per heavy atom. The molecule has 0 atom stereocenters. The average molecular weight is 306 g/mol. The van der Waals surface area contributed by atoms with Crippen LogP contribution in [0.1, 0.15) is 5.69 Å². The molecule has 0 bridgehead atoms. The van der Waals surface area contributed by atoms with E-state index >= 15 is 0 Å². The quantitative estimate of drug-likeness (QED) is 0.579. The van der Waals surface area contributed by atoms with Gasteiger partial charge in [-0.15, -0.1) is 0 Å². The maximum atomic E-state index is 5.85. The maximum Gasteiger partial charge on any atom is 0.222 e. The van der Waals surface area contributed by atoms with Gasteiger partial charge in [-0.1, -0.05) is 0 Å². The Balaban J connectivity index is 1.57. The van der Waals surface area contributed by atoms with Crippen molar-refractivity contribution in [2.24, 2.45) is 7.05 Å². The standard InChI is InChI=1S/C16H14N6O/c1-21-5-4-12-6-14(2-3-15(12)21)23-16-7-13(18-10-19-16)8-22-11-17-9-20-22/h2-7,9-11H,8H2,1H3. The van der Waals surface area contributed by atoms with Crippen LogP contribution in [0.15, 0.2) is 55.5 Å². The van der Waals surface area contributed by atoms with Gasteiger partial charge in [-0.3, -0.25) is 0 Å². The van der Waals surface area contributed by atoms with E-state index < -0.39 is 0 Å². The first-order valence-electron chi connectivity index (χ1n) is 7.14. The largest absolute Gasteiger partial charge is 0.439 e. The molecule has 7 heteroatoms.